The number of phenolic OH excluding ortho intramolecular Hbond substituents is 2. The lowest BCUT2D eigenvalue weighted by Gasteiger charge is -2.23. The molecule has 0 aliphatic rings. The van der Waals surface area contributed by atoms with Gasteiger partial charge in [0.2, 0.25) is 0 Å². The van der Waals surface area contributed by atoms with Gasteiger partial charge in [-0.2, -0.15) is 0 Å². The van der Waals surface area contributed by atoms with Gasteiger partial charge < -0.3 is 29.6 Å². The molecule has 6 aromatic rings. The van der Waals surface area contributed by atoms with Crippen LogP contribution in [0, 0.1) is 0 Å². The zero-order chi connectivity index (χ0) is 43.8. The Morgan fingerprint density at radius 2 is 0.966 bits per heavy atom. The minimum Gasteiger partial charge on any atom is -0.505 e. The van der Waals surface area contributed by atoms with Crippen LogP contribution in [0.4, 0.5) is 0 Å². The largest absolute Gasteiger partial charge is 0.505 e. The van der Waals surface area contributed by atoms with E-state index in [-0.39, 0.29) is 27.9 Å². The topological polar surface area (TPSA) is 165 Å². The Bertz CT molecular complexity index is 2270. The number of aromatic nitrogens is 6. The standard InChI is InChI=1S/C24H33N3O2.C19H21N3O2.C4H8O2/c1-23(2,3)18-15-17(11-9-10-14-29-24(4,5)6)16-21(22(18)28)27-25-19-12-7-8-13-20(19)26-27;1-19(2,3)14-11-13(7-6-10-23)12-17(18(14)24)22-20-15-8-4-5-9-16(15)21-22;1-4(2,6)3-5/h7-8,12-13,15-16,28H,9-11,14H2,1-6H3;4-5,8-12,24H,6-7H2,1-3H3;3,6H,1-2H3. The van der Waals surface area contributed by atoms with E-state index in [1.54, 1.807) is 4.80 Å². The van der Waals surface area contributed by atoms with E-state index in [2.05, 4.69) is 68.0 Å². The number of carbonyl (C=O) groups excluding carboxylic acids is 2. The van der Waals surface area contributed by atoms with Crippen LogP contribution in [0.5, 0.6) is 11.5 Å². The van der Waals surface area contributed by atoms with E-state index in [9.17, 15) is 19.8 Å². The lowest BCUT2D eigenvalue weighted by molar-refractivity contribution is -0.120. The monoisotopic (exact) mass is 806 g/mol. The smallest absolute Gasteiger partial charge is 0.150 e. The fourth-order valence-electron chi connectivity index (χ4n) is 6.06. The van der Waals surface area contributed by atoms with Crippen LogP contribution in [0.3, 0.4) is 0 Å². The molecule has 12 nitrogen and oxygen atoms in total. The summed E-state index contributed by atoms with van der Waals surface area (Å²) in [7, 11) is 0. The van der Waals surface area contributed by atoms with E-state index >= 15 is 0 Å². The summed E-state index contributed by atoms with van der Waals surface area (Å²) >= 11 is 0. The molecule has 2 heterocycles. The van der Waals surface area contributed by atoms with Crippen LogP contribution in [0.2, 0.25) is 0 Å². The second-order valence-corrected chi connectivity index (χ2v) is 18.4. The summed E-state index contributed by atoms with van der Waals surface area (Å²) in [6.45, 7) is 22.3. The van der Waals surface area contributed by atoms with Gasteiger partial charge in [-0.15, -0.1) is 30.0 Å². The lowest BCUT2D eigenvalue weighted by atomic mass is 9.84. The number of nitrogens with zero attached hydrogens (tertiary/aromatic N) is 6. The molecule has 12 heteroatoms. The third kappa shape index (κ3) is 13.3. The molecule has 0 atom stereocenters. The zero-order valence-corrected chi connectivity index (χ0v) is 36.6. The molecule has 0 bridgehead atoms. The maximum Gasteiger partial charge on any atom is 0.150 e. The number of carbonyl (C=O) groups is 2. The highest BCUT2D eigenvalue weighted by molar-refractivity contribution is 5.74. The predicted octanol–water partition coefficient (Wildman–Crippen LogP) is 9.07. The summed E-state index contributed by atoms with van der Waals surface area (Å²) in [6.07, 6.45) is 5.42. The van der Waals surface area contributed by atoms with E-state index in [4.69, 9.17) is 9.84 Å². The van der Waals surface area contributed by atoms with Gasteiger partial charge in [0.25, 0.3) is 0 Å². The third-order valence-electron chi connectivity index (χ3n) is 9.15. The van der Waals surface area contributed by atoms with Gasteiger partial charge in [-0.25, -0.2) is 0 Å². The van der Waals surface area contributed by atoms with Crippen molar-refractivity contribution in [3.8, 4) is 22.9 Å². The number of aromatic hydroxyl groups is 2. The molecule has 0 aliphatic heterocycles. The molecule has 0 amide bonds. The van der Waals surface area contributed by atoms with Crippen molar-refractivity contribution in [1.82, 2.24) is 30.0 Å². The van der Waals surface area contributed by atoms with Gasteiger partial charge in [0, 0.05) is 24.2 Å². The van der Waals surface area contributed by atoms with Gasteiger partial charge in [-0.3, -0.25) is 0 Å². The maximum absolute atomic E-state index is 11.0. The third-order valence-corrected chi connectivity index (χ3v) is 9.15. The number of aliphatic hydroxyl groups is 1. The van der Waals surface area contributed by atoms with Crippen LogP contribution in [-0.2, 0) is 38.0 Å². The van der Waals surface area contributed by atoms with E-state index in [1.165, 1.54) is 24.2 Å². The Kier molecular flexibility index (Phi) is 14.9. The number of benzene rings is 4. The molecule has 0 saturated carbocycles. The summed E-state index contributed by atoms with van der Waals surface area (Å²) in [5.74, 6) is 0.426. The van der Waals surface area contributed by atoms with Crippen molar-refractivity contribution in [1.29, 1.82) is 0 Å². The number of hydrogen-bond acceptors (Lipinski definition) is 10. The van der Waals surface area contributed by atoms with Crippen molar-refractivity contribution in [3.05, 3.63) is 95.1 Å². The number of unbranched alkanes of at least 4 members (excludes halogenated alkanes) is 1. The number of rotatable bonds is 11. The number of aldehydes is 2. The van der Waals surface area contributed by atoms with Crippen molar-refractivity contribution in [2.24, 2.45) is 0 Å². The van der Waals surface area contributed by atoms with Crippen molar-refractivity contribution < 1.29 is 29.6 Å². The molecule has 0 fully saturated rings. The molecule has 0 radical (unpaired) electrons. The van der Waals surface area contributed by atoms with Gasteiger partial charge >= 0.3 is 0 Å². The molecule has 0 unspecified atom stereocenters. The summed E-state index contributed by atoms with van der Waals surface area (Å²) < 4.78 is 5.83. The molecule has 0 aliphatic carbocycles. The summed E-state index contributed by atoms with van der Waals surface area (Å²) in [6, 6.07) is 23.3. The second kappa shape index (κ2) is 19.1. The molecule has 0 spiro atoms. The van der Waals surface area contributed by atoms with Gasteiger partial charge in [0.1, 0.15) is 56.8 Å². The molecule has 0 saturated heterocycles. The summed E-state index contributed by atoms with van der Waals surface area (Å²) in [5.41, 5.74) is 6.59. The van der Waals surface area contributed by atoms with Gasteiger partial charge in [-0.1, -0.05) is 77.9 Å². The predicted molar refractivity (Wildman–Crippen MR) is 234 cm³/mol. The van der Waals surface area contributed by atoms with Gasteiger partial charge in [0.15, 0.2) is 6.29 Å². The van der Waals surface area contributed by atoms with Crippen molar-refractivity contribution in [2.45, 2.75) is 130 Å². The van der Waals surface area contributed by atoms with Crippen molar-refractivity contribution >= 4 is 34.6 Å². The molecule has 2 aromatic heterocycles. The highest BCUT2D eigenvalue weighted by Crippen LogP contribution is 2.38. The molecule has 316 valence electrons. The molecule has 4 aromatic carbocycles. The van der Waals surface area contributed by atoms with Gasteiger partial charge in [-0.05, 0) is 119 Å². The SMILES string of the molecule is CC(C)(C)OCCCCc1cc(-n2nc3ccccc3n2)c(O)c(C(C)(C)C)c1.CC(C)(C)c1cc(CCC=O)cc(-n2nc3ccccc3n2)c1O.CC(C)(O)C=O. The highest BCUT2D eigenvalue weighted by atomic mass is 16.5. The summed E-state index contributed by atoms with van der Waals surface area (Å²) in [5, 5.41) is 48.3. The zero-order valence-electron chi connectivity index (χ0n) is 36.6. The number of phenols is 2. The minimum absolute atomic E-state index is 0.0983. The molecular weight excluding hydrogens is 745 g/mol. The lowest BCUT2D eigenvalue weighted by Crippen LogP contribution is -2.19. The molecule has 6 rings (SSSR count). The van der Waals surface area contributed by atoms with Crippen molar-refractivity contribution in [2.75, 3.05) is 6.61 Å². The first-order valence-electron chi connectivity index (χ1n) is 20.1. The van der Waals surface area contributed by atoms with Crippen molar-refractivity contribution in [3.63, 3.8) is 0 Å². The number of ether oxygens (including phenoxy) is 1. The Hall–Kier alpha value is -5.46. The van der Waals surface area contributed by atoms with Crippen LogP contribution in [0.25, 0.3) is 33.4 Å². The van der Waals surface area contributed by atoms with Crippen LogP contribution in [0.15, 0.2) is 72.8 Å². The van der Waals surface area contributed by atoms with E-state index < -0.39 is 5.60 Å². The first kappa shape index (κ1) is 46.2. The fraction of sp³-hybridized carbons (Fsp3) is 0.447. The molecule has 3 N–H and O–H groups in total. The Labute approximate surface area is 348 Å². The maximum atomic E-state index is 11.0. The minimum atomic E-state index is -1.14. The van der Waals surface area contributed by atoms with Crippen LogP contribution < -0.4 is 0 Å². The van der Waals surface area contributed by atoms with Gasteiger partial charge in [0.05, 0.1) is 5.60 Å². The number of fused-ring (bicyclic) bond motifs is 2. The van der Waals surface area contributed by atoms with Crippen LogP contribution in [-0.4, -0.2) is 75.7 Å². The Balaban J connectivity index is 0.000000232. The normalized spacial score (nSPS) is 12.1. The number of hydrogen-bond donors (Lipinski definition) is 3. The Morgan fingerprint density at radius 1 is 0.593 bits per heavy atom. The highest BCUT2D eigenvalue weighted by Gasteiger charge is 2.25. The van der Waals surface area contributed by atoms with Crippen LogP contribution >= 0.6 is 0 Å². The summed E-state index contributed by atoms with van der Waals surface area (Å²) in [4.78, 5) is 23.3. The first-order chi connectivity index (χ1) is 27.5. The van der Waals surface area contributed by atoms with Crippen LogP contribution in [0.1, 0.15) is 118 Å². The molecule has 59 heavy (non-hydrogen) atoms. The average Bonchev–Trinajstić information content (AvgIpc) is 3.78. The quantitative estimate of drug-likeness (QED) is 0.0850. The second-order valence-electron chi connectivity index (χ2n) is 18.4. The first-order valence-corrected chi connectivity index (χ1v) is 20.1. The number of aryl methyl sites for hydroxylation is 2. The fourth-order valence-corrected chi connectivity index (χ4v) is 6.06. The van der Waals surface area contributed by atoms with E-state index in [0.29, 0.717) is 30.5 Å². The average molecular weight is 807 g/mol. The van der Waals surface area contributed by atoms with E-state index in [1.807, 2.05) is 87.5 Å². The van der Waals surface area contributed by atoms with E-state index in [0.717, 1.165) is 70.9 Å². The molecular formula is C47H62N6O6. The Morgan fingerprint density at radius 3 is 1.29 bits per heavy atom.